The fraction of sp³-hybridized carbons (Fsp3) is 0.571. The first-order chi connectivity index (χ1) is 9.20. The number of hydrogen-bond donors (Lipinski definition) is 1. The quantitative estimate of drug-likeness (QED) is 0.631. The van der Waals surface area contributed by atoms with Crippen molar-refractivity contribution in [3.63, 3.8) is 0 Å². The Bertz CT molecular complexity index is 442. The van der Waals surface area contributed by atoms with Crippen molar-refractivity contribution in [1.29, 1.82) is 0 Å². The molecule has 1 saturated carbocycles. The van der Waals surface area contributed by atoms with Gasteiger partial charge < -0.3 is 10.1 Å². The number of anilines is 1. The summed E-state index contributed by atoms with van der Waals surface area (Å²) < 4.78 is 5.78. The van der Waals surface area contributed by atoms with Gasteiger partial charge in [0.2, 0.25) is 0 Å². The lowest BCUT2D eigenvalue weighted by atomic mass is 10.1. The molecule has 1 aromatic rings. The lowest BCUT2D eigenvalue weighted by Crippen LogP contribution is -2.08. The minimum absolute atomic E-state index is 0.120. The Hall–Kier alpha value is -1.62. The Morgan fingerprint density at radius 1 is 1.42 bits per heavy atom. The molecule has 1 aliphatic rings. The molecule has 0 unspecified atom stereocenters. The molecule has 1 aromatic carbocycles. The van der Waals surface area contributed by atoms with Crippen molar-refractivity contribution in [1.82, 2.24) is 0 Å². The summed E-state index contributed by atoms with van der Waals surface area (Å²) in [6.45, 7) is 3.04. The number of ether oxygens (including phenoxy) is 1. The molecule has 5 heteroatoms. The molecular formula is C14H20N2O3. The van der Waals surface area contributed by atoms with Crippen molar-refractivity contribution < 1.29 is 9.66 Å². The van der Waals surface area contributed by atoms with Crippen LogP contribution < -0.4 is 5.32 Å². The number of benzene rings is 1. The first-order valence-corrected chi connectivity index (χ1v) is 6.83. The van der Waals surface area contributed by atoms with E-state index in [4.69, 9.17) is 4.74 Å². The van der Waals surface area contributed by atoms with Crippen molar-refractivity contribution in [3.8, 4) is 0 Å². The van der Waals surface area contributed by atoms with E-state index in [1.165, 1.54) is 12.8 Å². The SMILES string of the molecule is CCNc1ccc(COC2CCCC2)cc1[N+](=O)[O-]. The fourth-order valence-electron chi connectivity index (χ4n) is 2.43. The molecule has 0 amide bonds. The smallest absolute Gasteiger partial charge is 0.292 e. The molecule has 0 spiro atoms. The molecule has 5 nitrogen and oxygen atoms in total. The highest BCUT2D eigenvalue weighted by Gasteiger charge is 2.17. The molecule has 0 saturated heterocycles. The van der Waals surface area contributed by atoms with Gasteiger partial charge in [-0.15, -0.1) is 0 Å². The highest BCUT2D eigenvalue weighted by molar-refractivity contribution is 5.62. The summed E-state index contributed by atoms with van der Waals surface area (Å²) in [7, 11) is 0. The monoisotopic (exact) mass is 264 g/mol. The topological polar surface area (TPSA) is 64.4 Å². The third-order valence-electron chi connectivity index (χ3n) is 3.41. The maximum absolute atomic E-state index is 11.0. The molecular weight excluding hydrogens is 244 g/mol. The molecule has 0 radical (unpaired) electrons. The standard InChI is InChI=1S/C14H20N2O3/c1-2-15-13-8-7-11(9-14(13)16(17)18)10-19-12-5-3-4-6-12/h7-9,12,15H,2-6,10H2,1H3. The van der Waals surface area contributed by atoms with Crippen molar-refractivity contribution >= 4 is 11.4 Å². The van der Waals surface area contributed by atoms with Gasteiger partial charge in [0.05, 0.1) is 17.6 Å². The molecule has 104 valence electrons. The van der Waals surface area contributed by atoms with Crippen LogP contribution in [-0.2, 0) is 11.3 Å². The van der Waals surface area contributed by atoms with Gasteiger partial charge >= 0.3 is 0 Å². The second kappa shape index (κ2) is 6.52. The first kappa shape index (κ1) is 13.8. The van der Waals surface area contributed by atoms with Gasteiger partial charge in [0.1, 0.15) is 5.69 Å². The number of nitrogens with zero attached hydrogens (tertiary/aromatic N) is 1. The molecule has 1 fully saturated rings. The molecule has 0 atom stereocenters. The van der Waals surface area contributed by atoms with E-state index < -0.39 is 0 Å². The van der Waals surface area contributed by atoms with E-state index in [0.29, 0.717) is 24.9 Å². The Labute approximate surface area is 113 Å². The predicted octanol–water partition coefficient (Wildman–Crippen LogP) is 3.49. The van der Waals surface area contributed by atoms with Gasteiger partial charge in [-0.2, -0.15) is 0 Å². The van der Waals surface area contributed by atoms with Crippen LogP contribution in [0.3, 0.4) is 0 Å². The van der Waals surface area contributed by atoms with E-state index in [1.807, 2.05) is 13.0 Å². The Kier molecular flexibility index (Phi) is 4.74. The van der Waals surface area contributed by atoms with E-state index in [2.05, 4.69) is 5.32 Å². The van der Waals surface area contributed by atoms with Gasteiger partial charge in [0.15, 0.2) is 0 Å². The van der Waals surface area contributed by atoms with Gasteiger partial charge in [0, 0.05) is 12.6 Å². The molecule has 0 bridgehead atoms. The van der Waals surface area contributed by atoms with Crippen LogP contribution in [0.2, 0.25) is 0 Å². The first-order valence-electron chi connectivity index (χ1n) is 6.83. The van der Waals surface area contributed by atoms with E-state index in [1.54, 1.807) is 12.1 Å². The van der Waals surface area contributed by atoms with Crippen LogP contribution in [0.5, 0.6) is 0 Å². The average molecular weight is 264 g/mol. The van der Waals surface area contributed by atoms with E-state index in [0.717, 1.165) is 18.4 Å². The molecule has 1 aliphatic carbocycles. The molecule has 0 aromatic heterocycles. The Balaban J connectivity index is 2.04. The van der Waals surface area contributed by atoms with Crippen LogP contribution in [0, 0.1) is 10.1 Å². The molecule has 2 rings (SSSR count). The summed E-state index contributed by atoms with van der Waals surface area (Å²) in [4.78, 5) is 10.7. The van der Waals surface area contributed by atoms with Crippen LogP contribution in [0.4, 0.5) is 11.4 Å². The van der Waals surface area contributed by atoms with Crippen molar-refractivity contribution in [3.05, 3.63) is 33.9 Å². The number of nitro benzene ring substituents is 1. The summed E-state index contributed by atoms with van der Waals surface area (Å²) in [5, 5.41) is 14.0. The average Bonchev–Trinajstić information content (AvgIpc) is 2.91. The minimum atomic E-state index is -0.350. The lowest BCUT2D eigenvalue weighted by molar-refractivity contribution is -0.384. The van der Waals surface area contributed by atoms with Crippen LogP contribution in [0.25, 0.3) is 0 Å². The second-order valence-electron chi connectivity index (χ2n) is 4.86. The number of rotatable bonds is 6. The van der Waals surface area contributed by atoms with Crippen LogP contribution in [-0.4, -0.2) is 17.6 Å². The van der Waals surface area contributed by atoms with E-state index >= 15 is 0 Å². The third-order valence-corrected chi connectivity index (χ3v) is 3.41. The summed E-state index contributed by atoms with van der Waals surface area (Å²) in [6, 6.07) is 5.25. The predicted molar refractivity (Wildman–Crippen MR) is 74.3 cm³/mol. The summed E-state index contributed by atoms with van der Waals surface area (Å²) in [5.41, 5.74) is 1.55. The number of hydrogen-bond acceptors (Lipinski definition) is 4. The van der Waals surface area contributed by atoms with Crippen molar-refractivity contribution in [2.45, 2.75) is 45.3 Å². The van der Waals surface area contributed by atoms with Gasteiger partial charge in [0.25, 0.3) is 5.69 Å². The van der Waals surface area contributed by atoms with Gasteiger partial charge in [-0.3, -0.25) is 10.1 Å². The zero-order chi connectivity index (χ0) is 13.7. The second-order valence-corrected chi connectivity index (χ2v) is 4.86. The van der Waals surface area contributed by atoms with Gasteiger partial charge in [-0.25, -0.2) is 0 Å². The van der Waals surface area contributed by atoms with E-state index in [-0.39, 0.29) is 10.6 Å². The zero-order valence-corrected chi connectivity index (χ0v) is 11.2. The maximum atomic E-state index is 11.0. The highest BCUT2D eigenvalue weighted by atomic mass is 16.6. The van der Waals surface area contributed by atoms with Gasteiger partial charge in [-0.05, 0) is 31.4 Å². The summed E-state index contributed by atoms with van der Waals surface area (Å²) in [5.74, 6) is 0. The van der Waals surface area contributed by atoms with E-state index in [9.17, 15) is 10.1 Å². The van der Waals surface area contributed by atoms with Crippen LogP contribution in [0.1, 0.15) is 38.2 Å². The zero-order valence-electron chi connectivity index (χ0n) is 11.2. The largest absolute Gasteiger partial charge is 0.380 e. The summed E-state index contributed by atoms with van der Waals surface area (Å²) in [6.07, 6.45) is 5.00. The third kappa shape index (κ3) is 3.67. The van der Waals surface area contributed by atoms with Gasteiger partial charge in [-0.1, -0.05) is 18.9 Å². The Morgan fingerprint density at radius 3 is 2.79 bits per heavy atom. The maximum Gasteiger partial charge on any atom is 0.292 e. The minimum Gasteiger partial charge on any atom is -0.380 e. The highest BCUT2D eigenvalue weighted by Crippen LogP contribution is 2.27. The van der Waals surface area contributed by atoms with Crippen molar-refractivity contribution in [2.75, 3.05) is 11.9 Å². The molecule has 19 heavy (non-hydrogen) atoms. The Morgan fingerprint density at radius 2 is 2.16 bits per heavy atom. The number of nitrogens with one attached hydrogen (secondary N) is 1. The molecule has 1 N–H and O–H groups in total. The summed E-state index contributed by atoms with van der Waals surface area (Å²) >= 11 is 0. The normalized spacial score (nSPS) is 15.6. The molecule has 0 heterocycles. The fourth-order valence-corrected chi connectivity index (χ4v) is 2.43. The van der Waals surface area contributed by atoms with Crippen LogP contribution >= 0.6 is 0 Å². The van der Waals surface area contributed by atoms with Crippen molar-refractivity contribution in [2.24, 2.45) is 0 Å². The molecule has 0 aliphatic heterocycles. The number of nitro groups is 1. The van der Waals surface area contributed by atoms with Crippen LogP contribution in [0.15, 0.2) is 18.2 Å². The lowest BCUT2D eigenvalue weighted by Gasteiger charge is -2.12.